The third kappa shape index (κ3) is 3.55. The summed E-state index contributed by atoms with van der Waals surface area (Å²) in [5.41, 5.74) is 2.30. The first kappa shape index (κ1) is 14.8. The van der Waals surface area contributed by atoms with Crippen LogP contribution in [0.15, 0.2) is 18.2 Å². The van der Waals surface area contributed by atoms with Crippen LogP contribution in [0.25, 0.3) is 0 Å². The fourth-order valence-corrected chi connectivity index (χ4v) is 3.15. The van der Waals surface area contributed by atoms with Crippen LogP contribution in [0, 0.1) is 5.82 Å². The first-order chi connectivity index (χ1) is 10.2. The molecule has 1 saturated heterocycles. The van der Waals surface area contributed by atoms with Gasteiger partial charge in [0.2, 0.25) is 0 Å². The number of rotatable bonds is 5. The van der Waals surface area contributed by atoms with E-state index in [0.29, 0.717) is 12.1 Å². The van der Waals surface area contributed by atoms with E-state index in [9.17, 15) is 4.39 Å². The standard InChI is InChI=1S/C17H26FN3/c1-3-16-12-21(9-8-20(16)2)17-7-4-14(18)10-13(17)11-19-15-5-6-15/h4,7,10,15-16,19H,3,5-6,8-9,11-12H2,1-2H3. The zero-order valence-electron chi connectivity index (χ0n) is 13.1. The Labute approximate surface area is 127 Å². The molecule has 3 nitrogen and oxygen atoms in total. The average molecular weight is 291 g/mol. The Morgan fingerprint density at radius 3 is 2.81 bits per heavy atom. The van der Waals surface area contributed by atoms with E-state index in [1.807, 2.05) is 6.07 Å². The number of nitrogens with zero attached hydrogens (tertiary/aromatic N) is 2. The third-order valence-electron chi connectivity index (χ3n) is 4.79. The number of hydrogen-bond acceptors (Lipinski definition) is 3. The summed E-state index contributed by atoms with van der Waals surface area (Å²) in [5, 5.41) is 3.51. The van der Waals surface area contributed by atoms with E-state index in [2.05, 4.69) is 29.1 Å². The van der Waals surface area contributed by atoms with Crippen molar-refractivity contribution in [2.75, 3.05) is 31.6 Å². The molecule has 0 radical (unpaired) electrons. The Kier molecular flexibility index (Phi) is 4.45. The number of nitrogens with one attached hydrogen (secondary N) is 1. The highest BCUT2D eigenvalue weighted by molar-refractivity contribution is 5.54. The highest BCUT2D eigenvalue weighted by atomic mass is 19.1. The Bertz CT molecular complexity index is 487. The number of piperazine rings is 1. The van der Waals surface area contributed by atoms with Gasteiger partial charge in [-0.1, -0.05) is 6.92 Å². The Morgan fingerprint density at radius 1 is 1.29 bits per heavy atom. The lowest BCUT2D eigenvalue weighted by atomic mass is 10.1. The largest absolute Gasteiger partial charge is 0.368 e. The van der Waals surface area contributed by atoms with Gasteiger partial charge in [-0.25, -0.2) is 4.39 Å². The summed E-state index contributed by atoms with van der Waals surface area (Å²) < 4.78 is 13.6. The van der Waals surface area contributed by atoms with Gasteiger partial charge in [0.05, 0.1) is 0 Å². The molecule has 116 valence electrons. The molecule has 0 amide bonds. The summed E-state index contributed by atoms with van der Waals surface area (Å²) >= 11 is 0. The van der Waals surface area contributed by atoms with Gasteiger partial charge >= 0.3 is 0 Å². The molecule has 1 atom stereocenters. The lowest BCUT2D eigenvalue weighted by molar-refractivity contribution is 0.213. The molecule has 1 saturated carbocycles. The molecule has 1 aromatic rings. The Balaban J connectivity index is 1.76. The molecule has 21 heavy (non-hydrogen) atoms. The molecular formula is C17H26FN3. The topological polar surface area (TPSA) is 18.5 Å². The number of benzene rings is 1. The van der Waals surface area contributed by atoms with Crippen molar-refractivity contribution in [2.24, 2.45) is 0 Å². The molecule has 1 aliphatic heterocycles. The molecule has 2 fully saturated rings. The highest BCUT2D eigenvalue weighted by Crippen LogP contribution is 2.26. The van der Waals surface area contributed by atoms with Crippen LogP contribution >= 0.6 is 0 Å². The Hall–Kier alpha value is -1.13. The van der Waals surface area contributed by atoms with Gasteiger partial charge < -0.3 is 10.2 Å². The molecule has 3 rings (SSSR count). The molecule has 1 aliphatic carbocycles. The van der Waals surface area contributed by atoms with Crippen LogP contribution in [0.1, 0.15) is 31.7 Å². The van der Waals surface area contributed by atoms with E-state index in [1.54, 1.807) is 12.1 Å². The lowest BCUT2D eigenvalue weighted by Crippen LogP contribution is -2.51. The second-order valence-corrected chi connectivity index (χ2v) is 6.42. The summed E-state index contributed by atoms with van der Waals surface area (Å²) in [6.45, 7) is 6.15. The van der Waals surface area contributed by atoms with Crippen molar-refractivity contribution in [1.82, 2.24) is 10.2 Å². The minimum atomic E-state index is -0.132. The fraction of sp³-hybridized carbons (Fsp3) is 0.647. The number of likely N-dealkylation sites (N-methyl/N-ethyl adjacent to an activating group) is 1. The summed E-state index contributed by atoms with van der Waals surface area (Å²) in [7, 11) is 2.20. The molecule has 1 aromatic carbocycles. The molecule has 4 heteroatoms. The van der Waals surface area contributed by atoms with E-state index >= 15 is 0 Å². The van der Waals surface area contributed by atoms with E-state index in [-0.39, 0.29) is 5.82 Å². The van der Waals surface area contributed by atoms with Crippen molar-refractivity contribution in [2.45, 2.75) is 44.8 Å². The van der Waals surface area contributed by atoms with Crippen LogP contribution in [-0.4, -0.2) is 43.7 Å². The molecule has 1 unspecified atom stereocenters. The smallest absolute Gasteiger partial charge is 0.123 e. The molecule has 1 heterocycles. The van der Waals surface area contributed by atoms with Gasteiger partial charge in [-0.15, -0.1) is 0 Å². The normalized spacial score (nSPS) is 23.6. The van der Waals surface area contributed by atoms with E-state index in [4.69, 9.17) is 0 Å². The molecule has 2 aliphatic rings. The van der Waals surface area contributed by atoms with Gasteiger partial charge in [0.25, 0.3) is 0 Å². The molecular weight excluding hydrogens is 265 g/mol. The Morgan fingerprint density at radius 2 is 2.10 bits per heavy atom. The van der Waals surface area contributed by atoms with E-state index in [1.165, 1.54) is 18.5 Å². The quantitative estimate of drug-likeness (QED) is 0.899. The zero-order chi connectivity index (χ0) is 14.8. The maximum Gasteiger partial charge on any atom is 0.123 e. The van der Waals surface area contributed by atoms with Crippen LogP contribution in [0.3, 0.4) is 0 Å². The minimum absolute atomic E-state index is 0.132. The van der Waals surface area contributed by atoms with Crippen molar-refractivity contribution >= 4 is 5.69 Å². The van der Waals surface area contributed by atoms with Crippen molar-refractivity contribution < 1.29 is 4.39 Å². The van der Waals surface area contributed by atoms with Gasteiger partial charge in [0, 0.05) is 44.0 Å². The number of hydrogen-bond donors (Lipinski definition) is 1. The first-order valence-corrected chi connectivity index (χ1v) is 8.14. The van der Waals surface area contributed by atoms with E-state index < -0.39 is 0 Å². The van der Waals surface area contributed by atoms with Gasteiger partial charge in [0.1, 0.15) is 5.82 Å². The first-order valence-electron chi connectivity index (χ1n) is 8.14. The predicted molar refractivity (Wildman–Crippen MR) is 85.2 cm³/mol. The maximum absolute atomic E-state index is 13.6. The molecule has 0 spiro atoms. The minimum Gasteiger partial charge on any atom is -0.368 e. The summed E-state index contributed by atoms with van der Waals surface area (Å²) in [4.78, 5) is 4.86. The van der Waals surface area contributed by atoms with Gasteiger partial charge in [-0.3, -0.25) is 4.90 Å². The lowest BCUT2D eigenvalue weighted by Gasteiger charge is -2.41. The zero-order valence-corrected chi connectivity index (χ0v) is 13.1. The predicted octanol–water partition coefficient (Wildman–Crippen LogP) is 2.61. The summed E-state index contributed by atoms with van der Waals surface area (Å²) in [5.74, 6) is -0.132. The second kappa shape index (κ2) is 6.32. The van der Waals surface area contributed by atoms with Crippen LogP contribution in [0.5, 0.6) is 0 Å². The summed E-state index contributed by atoms with van der Waals surface area (Å²) in [6, 6.07) is 6.49. The van der Waals surface area contributed by atoms with Crippen LogP contribution < -0.4 is 10.2 Å². The van der Waals surface area contributed by atoms with Crippen molar-refractivity contribution in [1.29, 1.82) is 0 Å². The van der Waals surface area contributed by atoms with Crippen LogP contribution in [-0.2, 0) is 6.54 Å². The summed E-state index contributed by atoms with van der Waals surface area (Å²) in [6.07, 6.45) is 3.68. The average Bonchev–Trinajstić information content (AvgIpc) is 3.30. The van der Waals surface area contributed by atoms with Crippen molar-refractivity contribution in [3.05, 3.63) is 29.6 Å². The number of anilines is 1. The van der Waals surface area contributed by atoms with Gasteiger partial charge in [0.15, 0.2) is 0 Å². The van der Waals surface area contributed by atoms with Gasteiger partial charge in [-0.2, -0.15) is 0 Å². The van der Waals surface area contributed by atoms with Gasteiger partial charge in [-0.05, 0) is 50.1 Å². The highest BCUT2D eigenvalue weighted by Gasteiger charge is 2.25. The molecule has 0 bridgehead atoms. The van der Waals surface area contributed by atoms with E-state index in [0.717, 1.165) is 38.2 Å². The monoisotopic (exact) mass is 291 g/mol. The molecule has 0 aromatic heterocycles. The maximum atomic E-state index is 13.6. The molecule has 1 N–H and O–H groups in total. The van der Waals surface area contributed by atoms with Crippen molar-refractivity contribution in [3.63, 3.8) is 0 Å². The number of halogens is 1. The third-order valence-corrected chi connectivity index (χ3v) is 4.79. The SMILES string of the molecule is CCC1CN(c2ccc(F)cc2CNC2CC2)CCN1C. The second-order valence-electron chi connectivity index (χ2n) is 6.42. The van der Waals surface area contributed by atoms with Crippen molar-refractivity contribution in [3.8, 4) is 0 Å². The van der Waals surface area contributed by atoms with Crippen LogP contribution in [0.4, 0.5) is 10.1 Å². The fourth-order valence-electron chi connectivity index (χ4n) is 3.15. The van der Waals surface area contributed by atoms with Crippen LogP contribution in [0.2, 0.25) is 0 Å².